The van der Waals surface area contributed by atoms with Gasteiger partial charge in [-0.05, 0) is 24.1 Å². The van der Waals surface area contributed by atoms with Gasteiger partial charge in [0.05, 0.1) is 20.8 Å². The molecule has 0 aliphatic heterocycles. The van der Waals surface area contributed by atoms with Crippen LogP contribution in [0.2, 0.25) is 0 Å². The number of benzene rings is 2. The number of guanidine groups is 1. The second kappa shape index (κ2) is 9.42. The molecule has 3 N–H and O–H groups in total. The molecule has 2 aromatic carbocycles. The Labute approximate surface area is 148 Å². The topological polar surface area (TPSA) is 78.1 Å². The Balaban J connectivity index is 1.86. The Morgan fingerprint density at radius 3 is 2.36 bits per heavy atom. The van der Waals surface area contributed by atoms with E-state index in [0.29, 0.717) is 36.4 Å². The summed E-state index contributed by atoms with van der Waals surface area (Å²) < 4.78 is 16.1. The summed E-state index contributed by atoms with van der Waals surface area (Å²) in [5.74, 6) is 2.37. The molecule has 6 heteroatoms. The molecule has 0 fully saturated rings. The minimum Gasteiger partial charge on any atom is -0.496 e. The standard InChI is InChI=1S/C19H25N3O3/c1-4-14-6-5-7-15(10-14)22-19(20)21-8-9-25-18-12-16(23-2)11-17(13-18)24-3/h5-7,10-13H,4,8-9H2,1-3H3,(H3,20,21,22). The van der Waals surface area contributed by atoms with Crippen LogP contribution in [0.5, 0.6) is 17.2 Å². The molecule has 25 heavy (non-hydrogen) atoms. The first-order valence-corrected chi connectivity index (χ1v) is 8.16. The van der Waals surface area contributed by atoms with Crippen molar-refractivity contribution in [2.75, 3.05) is 32.7 Å². The number of ether oxygens (including phenoxy) is 3. The highest BCUT2D eigenvalue weighted by molar-refractivity contribution is 5.92. The molecule has 2 aromatic rings. The quantitative estimate of drug-likeness (QED) is 0.437. The molecule has 0 heterocycles. The van der Waals surface area contributed by atoms with E-state index in [0.717, 1.165) is 12.1 Å². The Hall–Kier alpha value is -2.89. The lowest BCUT2D eigenvalue weighted by atomic mass is 10.1. The average molecular weight is 343 g/mol. The van der Waals surface area contributed by atoms with Crippen LogP contribution in [0.15, 0.2) is 47.5 Å². The largest absolute Gasteiger partial charge is 0.496 e. The molecule has 0 aliphatic carbocycles. The van der Waals surface area contributed by atoms with Gasteiger partial charge in [0.25, 0.3) is 0 Å². The van der Waals surface area contributed by atoms with E-state index in [1.54, 1.807) is 32.4 Å². The second-order valence-corrected chi connectivity index (χ2v) is 5.34. The Morgan fingerprint density at radius 2 is 1.72 bits per heavy atom. The molecule has 0 saturated heterocycles. The van der Waals surface area contributed by atoms with Crippen molar-refractivity contribution >= 4 is 11.6 Å². The van der Waals surface area contributed by atoms with E-state index in [1.165, 1.54) is 5.56 Å². The van der Waals surface area contributed by atoms with Crippen molar-refractivity contribution in [2.45, 2.75) is 13.3 Å². The van der Waals surface area contributed by atoms with Crippen molar-refractivity contribution < 1.29 is 14.2 Å². The highest BCUT2D eigenvalue weighted by atomic mass is 16.5. The third kappa shape index (κ3) is 5.91. The number of methoxy groups -OCH3 is 2. The van der Waals surface area contributed by atoms with Gasteiger partial charge in [0, 0.05) is 23.9 Å². The Morgan fingerprint density at radius 1 is 1.04 bits per heavy atom. The van der Waals surface area contributed by atoms with Gasteiger partial charge in [0.2, 0.25) is 0 Å². The molecule has 0 aliphatic rings. The lowest BCUT2D eigenvalue weighted by Gasteiger charge is -2.10. The van der Waals surface area contributed by atoms with E-state index in [9.17, 15) is 0 Å². The highest BCUT2D eigenvalue weighted by Gasteiger charge is 2.03. The molecule has 134 valence electrons. The minimum absolute atomic E-state index is 0.361. The first kappa shape index (κ1) is 18.4. The smallest absolute Gasteiger partial charge is 0.193 e. The van der Waals surface area contributed by atoms with E-state index >= 15 is 0 Å². The fourth-order valence-electron chi connectivity index (χ4n) is 2.25. The number of rotatable bonds is 8. The van der Waals surface area contributed by atoms with Gasteiger partial charge in [-0.15, -0.1) is 0 Å². The Kier molecular flexibility index (Phi) is 6.95. The van der Waals surface area contributed by atoms with Crippen molar-refractivity contribution in [1.29, 1.82) is 0 Å². The number of nitrogens with zero attached hydrogens (tertiary/aromatic N) is 1. The van der Waals surface area contributed by atoms with Gasteiger partial charge in [-0.1, -0.05) is 19.1 Å². The molecular weight excluding hydrogens is 318 g/mol. The summed E-state index contributed by atoms with van der Waals surface area (Å²) in [4.78, 5) is 4.27. The molecule has 6 nitrogen and oxygen atoms in total. The zero-order chi connectivity index (χ0) is 18.1. The molecule has 0 aromatic heterocycles. The maximum Gasteiger partial charge on any atom is 0.193 e. The van der Waals surface area contributed by atoms with Crippen molar-refractivity contribution in [2.24, 2.45) is 10.7 Å². The van der Waals surface area contributed by atoms with Crippen molar-refractivity contribution in [3.63, 3.8) is 0 Å². The first-order chi connectivity index (χ1) is 12.1. The summed E-state index contributed by atoms with van der Waals surface area (Å²) in [6.45, 7) is 2.95. The lowest BCUT2D eigenvalue weighted by molar-refractivity contribution is 0.321. The summed E-state index contributed by atoms with van der Waals surface area (Å²) in [6.07, 6.45) is 0.977. The fourth-order valence-corrected chi connectivity index (χ4v) is 2.25. The monoisotopic (exact) mass is 343 g/mol. The van der Waals surface area contributed by atoms with E-state index < -0.39 is 0 Å². The summed E-state index contributed by atoms with van der Waals surface area (Å²) in [5.41, 5.74) is 8.08. The van der Waals surface area contributed by atoms with Crippen LogP contribution in [-0.2, 0) is 6.42 Å². The van der Waals surface area contributed by atoms with E-state index in [4.69, 9.17) is 19.9 Å². The third-order valence-electron chi connectivity index (χ3n) is 3.57. The molecule has 0 spiro atoms. The average Bonchev–Trinajstić information content (AvgIpc) is 2.65. The molecule has 0 radical (unpaired) electrons. The minimum atomic E-state index is 0.361. The predicted octanol–water partition coefficient (Wildman–Crippen LogP) is 3.07. The molecule has 0 amide bonds. The van der Waals surface area contributed by atoms with Crippen LogP contribution >= 0.6 is 0 Å². The van der Waals surface area contributed by atoms with Gasteiger partial charge in [-0.25, -0.2) is 4.99 Å². The van der Waals surface area contributed by atoms with Gasteiger partial charge < -0.3 is 25.3 Å². The van der Waals surface area contributed by atoms with Crippen LogP contribution in [-0.4, -0.2) is 33.3 Å². The van der Waals surface area contributed by atoms with Gasteiger partial charge in [-0.2, -0.15) is 0 Å². The predicted molar refractivity (Wildman–Crippen MR) is 101 cm³/mol. The maximum absolute atomic E-state index is 5.91. The molecule has 0 atom stereocenters. The first-order valence-electron chi connectivity index (χ1n) is 8.16. The molecular formula is C19H25N3O3. The number of nitrogens with one attached hydrogen (secondary N) is 1. The molecule has 0 saturated carbocycles. The Bertz CT molecular complexity index is 695. The normalized spacial score (nSPS) is 11.1. The van der Waals surface area contributed by atoms with E-state index in [1.807, 2.05) is 12.1 Å². The number of hydrogen-bond acceptors (Lipinski definition) is 4. The second-order valence-electron chi connectivity index (χ2n) is 5.34. The highest BCUT2D eigenvalue weighted by Crippen LogP contribution is 2.27. The van der Waals surface area contributed by atoms with Crippen molar-refractivity contribution in [3.05, 3.63) is 48.0 Å². The fraction of sp³-hybridized carbons (Fsp3) is 0.316. The zero-order valence-electron chi connectivity index (χ0n) is 14.9. The van der Waals surface area contributed by atoms with E-state index in [2.05, 4.69) is 29.4 Å². The summed E-state index contributed by atoms with van der Waals surface area (Å²) in [5, 5.41) is 3.08. The van der Waals surface area contributed by atoms with E-state index in [-0.39, 0.29) is 0 Å². The van der Waals surface area contributed by atoms with Crippen LogP contribution in [0.1, 0.15) is 12.5 Å². The SMILES string of the molecule is CCc1cccc(NC(N)=NCCOc2cc(OC)cc(OC)c2)c1. The van der Waals surface area contributed by atoms with Crippen LogP contribution in [0.4, 0.5) is 5.69 Å². The maximum atomic E-state index is 5.91. The van der Waals surface area contributed by atoms with Crippen molar-refractivity contribution in [3.8, 4) is 17.2 Å². The zero-order valence-corrected chi connectivity index (χ0v) is 14.9. The van der Waals surface area contributed by atoms with Gasteiger partial charge in [0.1, 0.15) is 23.9 Å². The summed E-state index contributed by atoms with van der Waals surface area (Å²) in [6, 6.07) is 13.5. The van der Waals surface area contributed by atoms with Gasteiger partial charge in [-0.3, -0.25) is 0 Å². The van der Waals surface area contributed by atoms with Gasteiger partial charge >= 0.3 is 0 Å². The van der Waals surface area contributed by atoms with Gasteiger partial charge in [0.15, 0.2) is 5.96 Å². The third-order valence-corrected chi connectivity index (χ3v) is 3.57. The molecule has 0 bridgehead atoms. The number of anilines is 1. The van der Waals surface area contributed by atoms with Crippen LogP contribution in [0.25, 0.3) is 0 Å². The molecule has 2 rings (SSSR count). The number of aryl methyl sites for hydroxylation is 1. The van der Waals surface area contributed by atoms with Crippen LogP contribution in [0.3, 0.4) is 0 Å². The number of hydrogen-bond donors (Lipinski definition) is 2. The van der Waals surface area contributed by atoms with Crippen LogP contribution in [0, 0.1) is 0 Å². The number of nitrogens with two attached hydrogens (primary N) is 1. The number of aliphatic imine (C=N–C) groups is 1. The van der Waals surface area contributed by atoms with Crippen LogP contribution < -0.4 is 25.3 Å². The molecule has 0 unspecified atom stereocenters. The summed E-state index contributed by atoms with van der Waals surface area (Å²) >= 11 is 0. The lowest BCUT2D eigenvalue weighted by Crippen LogP contribution is -2.23. The summed E-state index contributed by atoms with van der Waals surface area (Å²) in [7, 11) is 3.20. The van der Waals surface area contributed by atoms with Crippen molar-refractivity contribution in [1.82, 2.24) is 0 Å².